The zero-order valence-corrected chi connectivity index (χ0v) is 20.4. The number of benzene rings is 2. The molecule has 0 radical (unpaired) electrons. The van der Waals surface area contributed by atoms with Crippen molar-refractivity contribution in [2.24, 2.45) is 0 Å². The lowest BCUT2D eigenvalue weighted by molar-refractivity contribution is -0.139. The Balaban J connectivity index is 2.17. The summed E-state index contributed by atoms with van der Waals surface area (Å²) >= 11 is 0. The number of carbonyl (C=O) groups is 2. The molecule has 1 unspecified atom stereocenters. The van der Waals surface area contributed by atoms with E-state index in [0.29, 0.717) is 17.9 Å². The Hall–Kier alpha value is -3.28. The first kappa shape index (κ1) is 24.4. The number of aliphatic hydroxyl groups excluding tert-OH is 1. The lowest BCUT2D eigenvalue weighted by Gasteiger charge is -2.26. The molecule has 0 aromatic heterocycles. The van der Waals surface area contributed by atoms with E-state index in [1.54, 1.807) is 18.1 Å². The summed E-state index contributed by atoms with van der Waals surface area (Å²) < 4.78 is 5.39. The van der Waals surface area contributed by atoms with E-state index in [-0.39, 0.29) is 11.3 Å². The minimum absolute atomic E-state index is 0.141. The summed E-state index contributed by atoms with van der Waals surface area (Å²) in [4.78, 5) is 29.9. The van der Waals surface area contributed by atoms with Gasteiger partial charge in [0.15, 0.2) is 0 Å². The number of aryl methyl sites for hydroxylation is 2. The van der Waals surface area contributed by atoms with Gasteiger partial charge in [0, 0.05) is 31.9 Å². The van der Waals surface area contributed by atoms with Crippen LogP contribution in [0, 0.1) is 13.8 Å². The maximum absolute atomic E-state index is 13.2. The second kappa shape index (κ2) is 10.1. The molecule has 1 N–H and O–H groups in total. The second-order valence-corrected chi connectivity index (χ2v) is 8.82. The summed E-state index contributed by atoms with van der Waals surface area (Å²) in [6, 6.07) is 10.8. The number of rotatable bonds is 8. The number of aliphatic hydroxyl groups is 1. The van der Waals surface area contributed by atoms with Gasteiger partial charge in [-0.15, -0.1) is 0 Å². The molecule has 2 aromatic carbocycles. The van der Waals surface area contributed by atoms with Gasteiger partial charge in [-0.25, -0.2) is 0 Å². The van der Waals surface area contributed by atoms with Crippen molar-refractivity contribution in [1.82, 2.24) is 4.90 Å². The lowest BCUT2D eigenvalue weighted by atomic mass is 9.93. The van der Waals surface area contributed by atoms with Crippen molar-refractivity contribution in [2.75, 3.05) is 32.6 Å². The minimum atomic E-state index is -0.640. The number of likely N-dealkylation sites (tertiary alicyclic amines) is 1. The molecule has 1 amide bonds. The van der Waals surface area contributed by atoms with Gasteiger partial charge >= 0.3 is 0 Å². The number of nitrogens with zero attached hydrogens (tertiary/aromatic N) is 2. The van der Waals surface area contributed by atoms with E-state index in [2.05, 4.69) is 6.92 Å². The Morgan fingerprint density at radius 3 is 2.30 bits per heavy atom. The first-order chi connectivity index (χ1) is 15.7. The molecular weight excluding hydrogens is 416 g/mol. The van der Waals surface area contributed by atoms with Gasteiger partial charge in [-0.3, -0.25) is 9.59 Å². The second-order valence-electron chi connectivity index (χ2n) is 8.82. The summed E-state index contributed by atoms with van der Waals surface area (Å²) in [6.45, 7) is 6.31. The van der Waals surface area contributed by atoms with Crippen LogP contribution < -0.4 is 9.64 Å². The molecule has 1 heterocycles. The van der Waals surface area contributed by atoms with E-state index in [0.717, 1.165) is 41.6 Å². The number of carbonyl (C=O) groups excluding carboxylic acids is 2. The standard InChI is InChI=1S/C27H34N2O4/c1-7-8-9-14-29-24(19-10-12-20(13-11-19)28(4)5)23(26(31)27(29)32)25(30)21-15-18(3)22(33-6)16-17(21)2/h10-13,15-16,24,30H,7-9,14H2,1-6H3/b25-23+. The molecule has 2 aromatic rings. The molecule has 1 saturated heterocycles. The fraction of sp³-hybridized carbons (Fsp3) is 0.407. The van der Waals surface area contributed by atoms with Crippen LogP contribution in [0.3, 0.4) is 0 Å². The molecule has 6 nitrogen and oxygen atoms in total. The summed E-state index contributed by atoms with van der Waals surface area (Å²) in [5.41, 5.74) is 4.11. The Labute approximate surface area is 196 Å². The van der Waals surface area contributed by atoms with Crippen molar-refractivity contribution in [2.45, 2.75) is 46.1 Å². The van der Waals surface area contributed by atoms with Gasteiger partial charge in [0.1, 0.15) is 11.5 Å². The van der Waals surface area contributed by atoms with E-state index < -0.39 is 17.7 Å². The molecule has 1 atom stereocenters. The first-order valence-corrected chi connectivity index (χ1v) is 11.4. The third-order valence-electron chi connectivity index (χ3n) is 6.26. The molecular formula is C27H34N2O4. The maximum Gasteiger partial charge on any atom is 0.295 e. The van der Waals surface area contributed by atoms with Gasteiger partial charge in [-0.1, -0.05) is 31.9 Å². The summed E-state index contributed by atoms with van der Waals surface area (Å²) in [5.74, 6) is -0.632. The number of ether oxygens (including phenoxy) is 1. The van der Waals surface area contributed by atoms with Crippen LogP contribution in [0.5, 0.6) is 5.75 Å². The third kappa shape index (κ3) is 4.75. The number of hydrogen-bond donors (Lipinski definition) is 1. The fourth-order valence-corrected chi connectivity index (χ4v) is 4.35. The van der Waals surface area contributed by atoms with Crippen LogP contribution in [-0.2, 0) is 9.59 Å². The normalized spacial score (nSPS) is 17.5. The van der Waals surface area contributed by atoms with Gasteiger partial charge in [0.2, 0.25) is 0 Å². The van der Waals surface area contributed by atoms with Gasteiger partial charge < -0.3 is 19.6 Å². The Bertz CT molecular complexity index is 1070. The number of amides is 1. The van der Waals surface area contributed by atoms with E-state index in [4.69, 9.17) is 4.74 Å². The van der Waals surface area contributed by atoms with E-state index in [1.807, 2.05) is 63.2 Å². The zero-order valence-electron chi connectivity index (χ0n) is 20.4. The summed E-state index contributed by atoms with van der Waals surface area (Å²) in [7, 11) is 5.52. The molecule has 3 rings (SSSR count). The molecule has 176 valence electrons. The van der Waals surface area contributed by atoms with Crippen LogP contribution in [0.1, 0.15) is 54.5 Å². The number of Topliss-reactive ketones (excluding diaryl/α,β-unsaturated/α-hetero) is 1. The number of ketones is 1. The van der Waals surface area contributed by atoms with Gasteiger partial charge in [0.25, 0.3) is 11.7 Å². The molecule has 0 saturated carbocycles. The van der Waals surface area contributed by atoms with Crippen molar-refractivity contribution < 1.29 is 19.4 Å². The Morgan fingerprint density at radius 2 is 1.73 bits per heavy atom. The molecule has 33 heavy (non-hydrogen) atoms. The molecule has 0 bridgehead atoms. The quantitative estimate of drug-likeness (QED) is 0.266. The highest BCUT2D eigenvalue weighted by Gasteiger charge is 2.45. The number of anilines is 1. The molecule has 6 heteroatoms. The van der Waals surface area contributed by atoms with Crippen LogP contribution in [-0.4, -0.2) is 49.4 Å². The van der Waals surface area contributed by atoms with Crippen molar-refractivity contribution in [3.63, 3.8) is 0 Å². The van der Waals surface area contributed by atoms with Crippen LogP contribution in [0.15, 0.2) is 42.0 Å². The molecule has 1 fully saturated rings. The fourth-order valence-electron chi connectivity index (χ4n) is 4.35. The predicted octanol–water partition coefficient (Wildman–Crippen LogP) is 4.99. The smallest absolute Gasteiger partial charge is 0.295 e. The number of unbranched alkanes of at least 4 members (excludes halogenated alkanes) is 2. The molecule has 0 spiro atoms. The minimum Gasteiger partial charge on any atom is -0.507 e. The van der Waals surface area contributed by atoms with E-state index in [1.165, 1.54) is 0 Å². The van der Waals surface area contributed by atoms with E-state index in [9.17, 15) is 14.7 Å². The zero-order chi connectivity index (χ0) is 24.3. The van der Waals surface area contributed by atoms with Crippen molar-refractivity contribution in [3.05, 3.63) is 64.2 Å². The topological polar surface area (TPSA) is 70.1 Å². The van der Waals surface area contributed by atoms with E-state index >= 15 is 0 Å². The monoisotopic (exact) mass is 450 g/mol. The largest absolute Gasteiger partial charge is 0.507 e. The van der Waals surface area contributed by atoms with Crippen molar-refractivity contribution >= 4 is 23.1 Å². The van der Waals surface area contributed by atoms with Crippen LogP contribution in [0.4, 0.5) is 5.69 Å². The number of hydrogen-bond acceptors (Lipinski definition) is 5. The summed E-state index contributed by atoms with van der Waals surface area (Å²) in [5, 5.41) is 11.4. The Morgan fingerprint density at radius 1 is 1.06 bits per heavy atom. The van der Waals surface area contributed by atoms with Crippen molar-refractivity contribution in [1.29, 1.82) is 0 Å². The predicted molar refractivity (Wildman–Crippen MR) is 132 cm³/mol. The van der Waals surface area contributed by atoms with Gasteiger partial charge in [-0.2, -0.15) is 0 Å². The first-order valence-electron chi connectivity index (χ1n) is 11.4. The van der Waals surface area contributed by atoms with Gasteiger partial charge in [0.05, 0.1) is 18.7 Å². The molecule has 1 aliphatic rings. The van der Waals surface area contributed by atoms with Crippen LogP contribution >= 0.6 is 0 Å². The maximum atomic E-state index is 13.2. The van der Waals surface area contributed by atoms with Crippen molar-refractivity contribution in [3.8, 4) is 5.75 Å². The lowest BCUT2D eigenvalue weighted by Crippen LogP contribution is -2.30. The average Bonchev–Trinajstić information content (AvgIpc) is 3.05. The Kier molecular flexibility index (Phi) is 7.46. The molecule has 1 aliphatic heterocycles. The average molecular weight is 451 g/mol. The highest BCUT2D eigenvalue weighted by molar-refractivity contribution is 6.46. The molecule has 0 aliphatic carbocycles. The SMILES string of the molecule is CCCCCN1C(=O)C(=O)/C(=C(/O)c2cc(C)c(OC)cc2C)C1c1ccc(N(C)C)cc1. The van der Waals surface area contributed by atoms with Gasteiger partial charge in [-0.05, 0) is 61.2 Å². The highest BCUT2D eigenvalue weighted by Crippen LogP contribution is 2.41. The summed E-state index contributed by atoms with van der Waals surface area (Å²) in [6.07, 6.45) is 2.78. The highest BCUT2D eigenvalue weighted by atomic mass is 16.5. The number of methoxy groups -OCH3 is 1. The third-order valence-corrected chi connectivity index (χ3v) is 6.26. The van der Waals surface area contributed by atoms with Crippen LogP contribution in [0.25, 0.3) is 5.76 Å². The van der Waals surface area contributed by atoms with Crippen LogP contribution in [0.2, 0.25) is 0 Å².